The fourth-order valence-electron chi connectivity index (χ4n) is 3.95. The Morgan fingerprint density at radius 3 is 1.89 bits per heavy atom. The van der Waals surface area contributed by atoms with E-state index in [4.69, 9.17) is 25.2 Å². The van der Waals surface area contributed by atoms with Crippen molar-refractivity contribution < 1.29 is 46.7 Å². The van der Waals surface area contributed by atoms with Crippen LogP contribution in [0.1, 0.15) is 50.5 Å². The average molecular weight is 643 g/mol. The Morgan fingerprint density at radius 1 is 0.867 bits per heavy atom. The number of hydrogen-bond donors (Lipinski definition) is 6. The number of nitrogen functional groups attached to an aromatic ring is 1. The van der Waals surface area contributed by atoms with Gasteiger partial charge in [0.15, 0.2) is 0 Å². The van der Waals surface area contributed by atoms with Gasteiger partial charge in [0.1, 0.15) is 17.6 Å². The van der Waals surface area contributed by atoms with Gasteiger partial charge in [0.05, 0.1) is 31.6 Å². The van der Waals surface area contributed by atoms with Gasteiger partial charge in [0.2, 0.25) is 0 Å². The minimum atomic E-state index is -3.67. The highest BCUT2D eigenvalue weighted by atomic mass is 32.2. The van der Waals surface area contributed by atoms with Crippen LogP contribution in [0, 0.1) is 11.3 Å². The van der Waals surface area contributed by atoms with Crippen molar-refractivity contribution in [3.05, 3.63) is 82.9 Å². The molecule has 0 bridgehead atoms. The molecule has 0 radical (unpaired) electrons. The van der Waals surface area contributed by atoms with E-state index >= 15 is 0 Å². The van der Waals surface area contributed by atoms with E-state index in [1.54, 1.807) is 50.2 Å². The number of carbonyl (C=O) groups is 4. The second-order valence-electron chi connectivity index (χ2n) is 9.87. The topological polar surface area (TPSA) is 235 Å². The Hall–Kier alpha value is -5.28. The summed E-state index contributed by atoms with van der Waals surface area (Å²) in [5.41, 5.74) is 6.80. The van der Waals surface area contributed by atoms with Gasteiger partial charge in [-0.3, -0.25) is 19.6 Å². The summed E-state index contributed by atoms with van der Waals surface area (Å²) >= 11 is 0. The first kappa shape index (κ1) is 35.9. The van der Waals surface area contributed by atoms with Crippen LogP contribution >= 0.6 is 0 Å². The Kier molecular flexibility index (Phi) is 12.3. The van der Waals surface area contributed by atoms with Crippen molar-refractivity contribution in [2.24, 2.45) is 11.7 Å². The molecule has 0 aliphatic heterocycles. The molecule has 1 atom stereocenters. The molecule has 0 aliphatic rings. The van der Waals surface area contributed by atoms with E-state index in [9.17, 15) is 32.7 Å². The molecule has 240 valence electrons. The Bertz CT molecular complexity index is 1700. The lowest BCUT2D eigenvalue weighted by Gasteiger charge is -2.20. The first-order valence-corrected chi connectivity index (χ1v) is 14.9. The quantitative estimate of drug-likeness (QED) is 0.0813. The van der Waals surface area contributed by atoms with Crippen LogP contribution in [0.25, 0.3) is 11.1 Å². The standard InChI is InChI=1S/C29H30N4O7.CH4O3S/c1-15(2)24(29(38)40-4)33-26(34)17-7-11-21(23(13-17)28(36)37)20-12-10-19(39-3)14-22(20)27(35)32-18-8-5-16(6-9-18)25(30)31;1-5(2,3)4/h5-15,24H,1-4H3,(H3,30,31)(H,32,35)(H,33,34)(H,36,37);1H3,(H,2,3,4). The highest BCUT2D eigenvalue weighted by Gasteiger charge is 2.27. The van der Waals surface area contributed by atoms with Gasteiger partial charge < -0.3 is 30.9 Å². The first-order chi connectivity index (χ1) is 21.0. The number of carboxylic acids is 1. The zero-order valence-electron chi connectivity index (χ0n) is 25.1. The number of rotatable bonds is 10. The number of nitrogens with two attached hydrogens (primary N) is 1. The molecule has 0 aromatic heterocycles. The lowest BCUT2D eigenvalue weighted by atomic mass is 9.93. The maximum atomic E-state index is 13.3. The van der Waals surface area contributed by atoms with Crippen molar-refractivity contribution in [1.29, 1.82) is 5.41 Å². The van der Waals surface area contributed by atoms with E-state index in [1.807, 2.05) is 0 Å². The summed E-state index contributed by atoms with van der Waals surface area (Å²) in [6, 6.07) is 14.1. The van der Waals surface area contributed by atoms with Crippen molar-refractivity contribution in [3.63, 3.8) is 0 Å². The number of anilines is 1. The molecule has 1 unspecified atom stereocenters. The third kappa shape index (κ3) is 10.4. The zero-order chi connectivity index (χ0) is 34.1. The number of amidine groups is 1. The van der Waals surface area contributed by atoms with Gasteiger partial charge in [-0.25, -0.2) is 9.59 Å². The number of carbonyl (C=O) groups excluding carboxylic acids is 3. The third-order valence-electron chi connectivity index (χ3n) is 6.14. The molecule has 2 amide bonds. The van der Waals surface area contributed by atoms with Gasteiger partial charge in [-0.2, -0.15) is 8.42 Å². The largest absolute Gasteiger partial charge is 0.497 e. The highest BCUT2D eigenvalue weighted by molar-refractivity contribution is 7.85. The Labute approximate surface area is 259 Å². The third-order valence-corrected chi connectivity index (χ3v) is 6.14. The number of hydrogen-bond acceptors (Lipinski definition) is 9. The lowest BCUT2D eigenvalue weighted by molar-refractivity contribution is -0.144. The molecule has 0 saturated heterocycles. The molecule has 0 saturated carbocycles. The second-order valence-corrected chi connectivity index (χ2v) is 11.3. The zero-order valence-corrected chi connectivity index (χ0v) is 25.9. The van der Waals surface area contributed by atoms with E-state index in [-0.39, 0.29) is 39.6 Å². The van der Waals surface area contributed by atoms with E-state index in [0.717, 1.165) is 0 Å². The van der Waals surface area contributed by atoms with Crippen LogP contribution in [0.3, 0.4) is 0 Å². The molecule has 0 aliphatic carbocycles. The van der Waals surface area contributed by atoms with Crippen LogP contribution in [0.5, 0.6) is 5.75 Å². The molecule has 3 rings (SSSR count). The van der Waals surface area contributed by atoms with E-state index < -0.39 is 39.9 Å². The number of aromatic carboxylic acids is 1. The number of amides is 2. The van der Waals surface area contributed by atoms with Crippen LogP contribution in [-0.2, 0) is 19.6 Å². The average Bonchev–Trinajstić information content (AvgIpc) is 2.97. The Morgan fingerprint density at radius 2 is 1.40 bits per heavy atom. The summed E-state index contributed by atoms with van der Waals surface area (Å²) < 4.78 is 35.9. The number of carboxylic acid groups (broad SMARTS) is 1. The summed E-state index contributed by atoms with van der Waals surface area (Å²) in [6.07, 6.45) is 0.715. The Balaban J connectivity index is 0.00000130. The van der Waals surface area contributed by atoms with Crippen LogP contribution in [0.15, 0.2) is 60.7 Å². The maximum absolute atomic E-state index is 13.3. The van der Waals surface area contributed by atoms with Gasteiger partial charge in [0, 0.05) is 16.8 Å². The minimum absolute atomic E-state index is 0.0146. The van der Waals surface area contributed by atoms with Gasteiger partial charge in [-0.1, -0.05) is 19.9 Å². The van der Waals surface area contributed by atoms with E-state index in [2.05, 4.69) is 10.6 Å². The first-order valence-electron chi connectivity index (χ1n) is 13.1. The number of benzene rings is 3. The van der Waals surface area contributed by atoms with Gasteiger partial charge in [-0.15, -0.1) is 0 Å². The van der Waals surface area contributed by atoms with Crippen molar-refractivity contribution in [2.45, 2.75) is 19.9 Å². The summed E-state index contributed by atoms with van der Waals surface area (Å²) in [6.45, 7) is 3.48. The molecule has 0 spiro atoms. The molecule has 3 aromatic rings. The molecular weight excluding hydrogens is 608 g/mol. The van der Waals surface area contributed by atoms with Gasteiger partial charge >= 0.3 is 11.9 Å². The lowest BCUT2D eigenvalue weighted by Crippen LogP contribution is -2.45. The van der Waals surface area contributed by atoms with E-state index in [1.165, 1.54) is 38.5 Å². The van der Waals surface area contributed by atoms with Crippen molar-refractivity contribution in [2.75, 3.05) is 25.8 Å². The highest BCUT2D eigenvalue weighted by Crippen LogP contribution is 2.32. The molecule has 0 fully saturated rings. The number of esters is 1. The maximum Gasteiger partial charge on any atom is 0.336 e. The fraction of sp³-hybridized carbons (Fsp3) is 0.233. The molecular formula is C30H34N4O10S. The molecule has 3 aromatic carbocycles. The van der Waals surface area contributed by atoms with Crippen LogP contribution in [-0.4, -0.2) is 74.2 Å². The second kappa shape index (κ2) is 15.4. The van der Waals surface area contributed by atoms with Crippen LogP contribution < -0.4 is 21.1 Å². The number of methoxy groups -OCH3 is 2. The number of ether oxygens (including phenoxy) is 2. The summed E-state index contributed by atoms with van der Waals surface area (Å²) in [5.74, 6) is -3.15. The normalized spacial score (nSPS) is 11.4. The van der Waals surface area contributed by atoms with Crippen molar-refractivity contribution in [1.82, 2.24) is 5.32 Å². The van der Waals surface area contributed by atoms with Crippen LogP contribution in [0.4, 0.5) is 5.69 Å². The smallest absolute Gasteiger partial charge is 0.336 e. The molecule has 14 nitrogen and oxygen atoms in total. The fourth-order valence-corrected chi connectivity index (χ4v) is 3.95. The molecule has 7 N–H and O–H groups in total. The van der Waals surface area contributed by atoms with Crippen molar-refractivity contribution in [3.8, 4) is 16.9 Å². The summed E-state index contributed by atoms with van der Waals surface area (Å²) in [4.78, 5) is 50.6. The predicted octanol–water partition coefficient (Wildman–Crippen LogP) is 3.03. The minimum Gasteiger partial charge on any atom is -0.497 e. The van der Waals surface area contributed by atoms with Gasteiger partial charge in [0.25, 0.3) is 21.9 Å². The number of nitrogens with one attached hydrogen (secondary N) is 3. The molecule has 45 heavy (non-hydrogen) atoms. The molecule has 15 heteroatoms. The summed E-state index contributed by atoms with van der Waals surface area (Å²) in [5, 5.41) is 22.9. The predicted molar refractivity (Wildman–Crippen MR) is 166 cm³/mol. The van der Waals surface area contributed by atoms with Crippen molar-refractivity contribution >= 4 is 45.4 Å². The SMILES string of the molecule is COC(=O)C(NC(=O)c1ccc(-c2ccc(OC)cc2C(=O)Nc2ccc(C(=N)N)cc2)c(C(=O)O)c1)C(C)C.CS(=O)(=O)O. The monoisotopic (exact) mass is 642 g/mol. The van der Waals surface area contributed by atoms with E-state index in [0.29, 0.717) is 23.3 Å². The summed E-state index contributed by atoms with van der Waals surface area (Å²) in [7, 11) is -1.02. The van der Waals surface area contributed by atoms with Crippen LogP contribution in [0.2, 0.25) is 0 Å². The molecule has 0 heterocycles. The van der Waals surface area contributed by atoms with Gasteiger partial charge in [-0.05, 0) is 71.6 Å².